The first-order valence-corrected chi connectivity index (χ1v) is 10.4. The second kappa shape index (κ2) is 9.27. The summed E-state index contributed by atoms with van der Waals surface area (Å²) in [6.07, 6.45) is 7.92. The average molecular weight is 408 g/mol. The standard InChI is InChI=1S/C20H34N6O3/c1-11-7-13(26-6-2-3-12(10-26)8-16(27)28)4-5-15(11)25-19(23)17(14(22)9-21)18-20(24)29-18/h4-5,7,11-12,15,18-20,25H,2-3,6,8-10,21-24H2,1H3,(H,27,28)/p+1/b17-14-. The summed E-state index contributed by atoms with van der Waals surface area (Å²) in [5.74, 6) is -0.266. The molecule has 11 N–H and O–H groups in total. The maximum atomic E-state index is 11.0. The molecular weight excluding hydrogens is 372 g/mol. The van der Waals surface area contributed by atoms with Crippen molar-refractivity contribution in [2.24, 2.45) is 29.0 Å². The smallest absolute Gasteiger partial charge is 0.303 e. The van der Waals surface area contributed by atoms with E-state index < -0.39 is 5.97 Å². The van der Waals surface area contributed by atoms with Crippen molar-refractivity contribution in [3.63, 3.8) is 0 Å². The fraction of sp³-hybridized carbons (Fsp3) is 0.650. The lowest BCUT2D eigenvalue weighted by molar-refractivity contribution is -0.417. The molecule has 6 atom stereocenters. The number of carbonyl (C=O) groups is 1. The third-order valence-corrected chi connectivity index (χ3v) is 6.01. The molecule has 1 aliphatic carbocycles. The summed E-state index contributed by atoms with van der Waals surface area (Å²) < 4.78 is 5.40. The van der Waals surface area contributed by atoms with Crippen molar-refractivity contribution in [3.8, 4) is 0 Å². The van der Waals surface area contributed by atoms with Crippen LogP contribution in [0.5, 0.6) is 0 Å². The number of hydrogen-bond acceptors (Lipinski definition) is 7. The van der Waals surface area contributed by atoms with E-state index in [1.54, 1.807) is 0 Å². The van der Waals surface area contributed by atoms with Crippen LogP contribution in [0.2, 0.25) is 0 Å². The molecule has 0 aromatic heterocycles. The number of carboxylic acid groups (broad SMARTS) is 1. The number of nitrogens with zero attached hydrogens (tertiary/aromatic N) is 1. The third-order valence-electron chi connectivity index (χ3n) is 6.01. The highest BCUT2D eigenvalue weighted by atomic mass is 16.6. The molecular formula is C20H35N6O3+. The Morgan fingerprint density at radius 3 is 2.83 bits per heavy atom. The molecule has 0 spiro atoms. The molecule has 9 heteroatoms. The molecule has 2 aliphatic heterocycles. The highest BCUT2D eigenvalue weighted by Gasteiger charge is 2.44. The van der Waals surface area contributed by atoms with Gasteiger partial charge < -0.3 is 37.7 Å². The number of carboxylic acids is 1. The molecule has 0 radical (unpaired) electrons. The van der Waals surface area contributed by atoms with Gasteiger partial charge in [-0.2, -0.15) is 0 Å². The third kappa shape index (κ3) is 5.37. The van der Waals surface area contributed by atoms with E-state index in [0.717, 1.165) is 37.2 Å². The van der Waals surface area contributed by atoms with Crippen molar-refractivity contribution >= 4 is 5.97 Å². The molecule has 29 heavy (non-hydrogen) atoms. The summed E-state index contributed by atoms with van der Waals surface area (Å²) in [5, 5.41) is 12.6. The quantitative estimate of drug-likeness (QED) is 0.212. The van der Waals surface area contributed by atoms with Crippen LogP contribution in [0.25, 0.3) is 0 Å². The van der Waals surface area contributed by atoms with E-state index in [9.17, 15) is 4.79 Å². The first-order chi connectivity index (χ1) is 13.8. The molecule has 0 bridgehead atoms. The largest absolute Gasteiger partial charge is 0.481 e. The van der Waals surface area contributed by atoms with Crippen molar-refractivity contribution in [3.05, 3.63) is 35.2 Å². The maximum absolute atomic E-state index is 11.0. The number of rotatable bonds is 8. The predicted molar refractivity (Wildman–Crippen MR) is 110 cm³/mol. The minimum atomic E-state index is -0.718. The van der Waals surface area contributed by atoms with E-state index in [1.165, 1.54) is 0 Å². The summed E-state index contributed by atoms with van der Waals surface area (Å²) in [6, 6.07) is 0.0939. The van der Waals surface area contributed by atoms with Crippen LogP contribution in [0.1, 0.15) is 26.2 Å². The van der Waals surface area contributed by atoms with Gasteiger partial charge in [-0.25, -0.2) is 0 Å². The fourth-order valence-corrected chi connectivity index (χ4v) is 4.36. The molecule has 0 amide bonds. The maximum Gasteiger partial charge on any atom is 0.303 e. The van der Waals surface area contributed by atoms with Crippen molar-refractivity contribution < 1.29 is 20.4 Å². The first kappa shape index (κ1) is 21.8. The second-order valence-electron chi connectivity index (χ2n) is 8.31. The van der Waals surface area contributed by atoms with Crippen LogP contribution in [0, 0.1) is 11.8 Å². The van der Waals surface area contributed by atoms with Crippen LogP contribution in [0.15, 0.2) is 35.2 Å². The zero-order valence-electron chi connectivity index (χ0n) is 17.1. The number of quaternary nitrogens is 1. The molecule has 2 saturated heterocycles. The number of epoxide rings is 1. The van der Waals surface area contributed by atoms with Gasteiger partial charge >= 0.3 is 5.97 Å². The molecule has 6 unspecified atom stereocenters. The molecule has 0 aromatic carbocycles. The summed E-state index contributed by atoms with van der Waals surface area (Å²) in [4.78, 5) is 13.3. The lowest BCUT2D eigenvalue weighted by Gasteiger charge is -2.37. The minimum Gasteiger partial charge on any atom is -0.481 e. The number of hydrogen-bond donors (Lipinski definition) is 6. The Bertz CT molecular complexity index is 706. The SMILES string of the molecule is CC1C=C(N2CCCC(CC(=O)O)C2)C=CC1NC([NH3+])/C(=C(\N)CN)C1OC1N. The van der Waals surface area contributed by atoms with Gasteiger partial charge in [-0.05, 0) is 30.8 Å². The van der Waals surface area contributed by atoms with Gasteiger partial charge in [-0.1, -0.05) is 19.1 Å². The highest BCUT2D eigenvalue weighted by molar-refractivity contribution is 5.67. The van der Waals surface area contributed by atoms with E-state index in [1.807, 2.05) is 0 Å². The van der Waals surface area contributed by atoms with Crippen molar-refractivity contribution in [2.75, 3.05) is 19.6 Å². The Balaban J connectivity index is 1.61. The monoisotopic (exact) mass is 407 g/mol. The number of allylic oxidation sites excluding steroid dienone is 1. The van der Waals surface area contributed by atoms with E-state index in [0.29, 0.717) is 5.70 Å². The Morgan fingerprint density at radius 2 is 2.24 bits per heavy atom. The molecule has 0 saturated carbocycles. The number of nitrogens with one attached hydrogen (secondary N) is 1. The molecule has 3 aliphatic rings. The van der Waals surface area contributed by atoms with Crippen LogP contribution in [-0.4, -0.2) is 60.1 Å². The lowest BCUT2D eigenvalue weighted by Crippen LogP contribution is -2.72. The van der Waals surface area contributed by atoms with Crippen LogP contribution in [0.3, 0.4) is 0 Å². The van der Waals surface area contributed by atoms with E-state index in [-0.39, 0.29) is 49.3 Å². The zero-order valence-corrected chi connectivity index (χ0v) is 17.1. The van der Waals surface area contributed by atoms with Crippen LogP contribution in [-0.2, 0) is 9.53 Å². The van der Waals surface area contributed by atoms with Gasteiger partial charge in [0.1, 0.15) is 12.3 Å². The molecule has 2 fully saturated rings. The van der Waals surface area contributed by atoms with Crippen molar-refractivity contribution in [1.82, 2.24) is 10.2 Å². The van der Waals surface area contributed by atoms with Crippen LogP contribution < -0.4 is 28.3 Å². The highest BCUT2D eigenvalue weighted by Crippen LogP contribution is 2.29. The van der Waals surface area contributed by atoms with Gasteiger partial charge in [0.2, 0.25) is 0 Å². The zero-order chi connectivity index (χ0) is 21.1. The number of nitrogens with two attached hydrogens (primary N) is 3. The minimum absolute atomic E-state index is 0.0939. The van der Waals surface area contributed by atoms with Crippen molar-refractivity contribution in [1.29, 1.82) is 0 Å². The Kier molecular flexibility index (Phi) is 6.97. The van der Waals surface area contributed by atoms with Gasteiger partial charge in [0.05, 0.1) is 5.57 Å². The van der Waals surface area contributed by atoms with Gasteiger partial charge in [0, 0.05) is 43.5 Å². The summed E-state index contributed by atoms with van der Waals surface area (Å²) in [7, 11) is 0. The van der Waals surface area contributed by atoms with Gasteiger partial charge in [-0.15, -0.1) is 0 Å². The normalized spacial score (nSPS) is 33.7. The Hall–Kier alpha value is -1.91. The van der Waals surface area contributed by atoms with Crippen LogP contribution >= 0.6 is 0 Å². The summed E-state index contributed by atoms with van der Waals surface area (Å²) in [6.45, 7) is 4.15. The number of ether oxygens (including phenoxy) is 1. The average Bonchev–Trinajstić information content (AvgIpc) is 3.38. The molecule has 3 rings (SSSR count). The van der Waals surface area contributed by atoms with E-state index >= 15 is 0 Å². The topological polar surface area (TPSA) is 171 Å². The van der Waals surface area contributed by atoms with Crippen molar-refractivity contribution in [2.45, 2.75) is 50.7 Å². The Morgan fingerprint density at radius 1 is 1.52 bits per heavy atom. The van der Waals surface area contributed by atoms with Gasteiger partial charge in [0.15, 0.2) is 6.17 Å². The fourth-order valence-electron chi connectivity index (χ4n) is 4.36. The second-order valence-corrected chi connectivity index (χ2v) is 8.31. The number of aliphatic carboxylic acids is 1. The molecule has 162 valence electrons. The van der Waals surface area contributed by atoms with E-state index in [4.69, 9.17) is 27.0 Å². The van der Waals surface area contributed by atoms with E-state index in [2.05, 4.69) is 41.1 Å². The first-order valence-electron chi connectivity index (χ1n) is 10.4. The molecule has 9 nitrogen and oxygen atoms in total. The molecule has 0 aromatic rings. The predicted octanol–water partition coefficient (Wildman–Crippen LogP) is -1.36. The van der Waals surface area contributed by atoms with Crippen LogP contribution in [0.4, 0.5) is 0 Å². The summed E-state index contributed by atoms with van der Waals surface area (Å²) in [5.41, 5.74) is 24.4. The number of piperidine rings is 1. The van der Waals surface area contributed by atoms with Gasteiger partial charge in [0.25, 0.3) is 0 Å². The number of likely N-dealkylation sites (tertiary alicyclic amines) is 1. The molecule has 2 heterocycles. The van der Waals surface area contributed by atoms with Gasteiger partial charge in [-0.3, -0.25) is 10.1 Å². The summed E-state index contributed by atoms with van der Waals surface area (Å²) >= 11 is 0. The Labute approximate surface area is 171 Å². The lowest BCUT2D eigenvalue weighted by atomic mass is 9.91.